The Morgan fingerprint density at radius 3 is 2.54 bits per heavy atom. The molecule has 2 atom stereocenters. The van der Waals surface area contributed by atoms with Crippen LogP contribution in [0.3, 0.4) is 0 Å². The van der Waals surface area contributed by atoms with Crippen molar-refractivity contribution in [2.75, 3.05) is 18.8 Å². The minimum Gasteiger partial charge on any atom is -0.478 e. The molecule has 1 aromatic heterocycles. The topological polar surface area (TPSA) is 92.5 Å². The Labute approximate surface area is 235 Å². The van der Waals surface area contributed by atoms with Gasteiger partial charge in [-0.15, -0.1) is 0 Å². The zero-order chi connectivity index (χ0) is 29.5. The molecule has 5 rings (SSSR count). The summed E-state index contributed by atoms with van der Waals surface area (Å²) >= 11 is 0. The van der Waals surface area contributed by atoms with Crippen LogP contribution < -0.4 is 0 Å². The van der Waals surface area contributed by atoms with Gasteiger partial charge in [-0.05, 0) is 61.1 Å². The first-order valence-electron chi connectivity index (χ1n) is 13.2. The van der Waals surface area contributed by atoms with Crippen molar-refractivity contribution in [1.82, 2.24) is 14.1 Å². The maximum Gasteiger partial charge on any atom is 0.404 e. The number of aromatic carboxylic acids is 1. The van der Waals surface area contributed by atoms with Gasteiger partial charge in [-0.25, -0.2) is 26.6 Å². The van der Waals surface area contributed by atoms with Crippen LogP contribution in [0.4, 0.5) is 17.6 Å². The standard InChI is InChI=1S/C29H29F4N3O4S/c1-18-25-15-34-36(23-10-8-22(30)9-11-23)26(25)14-20-6-7-21(27(18)20)16-35(41(39,40)17-29(31,32)33)13-12-19-4-2-3-5-24(19)28(37)38/h2-5,8-11,15,18,21H,6-7,12-14,16-17H2,1H3,(H,37,38)/t18-,21+/m0/s1. The third kappa shape index (κ3) is 6.08. The van der Waals surface area contributed by atoms with Gasteiger partial charge in [-0.3, -0.25) is 0 Å². The van der Waals surface area contributed by atoms with Crippen molar-refractivity contribution in [3.63, 3.8) is 0 Å². The zero-order valence-corrected chi connectivity index (χ0v) is 23.1. The summed E-state index contributed by atoms with van der Waals surface area (Å²) < 4.78 is 82.1. The van der Waals surface area contributed by atoms with Crippen LogP contribution in [0.2, 0.25) is 0 Å². The number of carboxylic acid groups (broad SMARTS) is 1. The van der Waals surface area contributed by atoms with E-state index in [-0.39, 0.29) is 42.7 Å². The van der Waals surface area contributed by atoms with E-state index in [0.29, 0.717) is 30.5 Å². The van der Waals surface area contributed by atoms with Crippen molar-refractivity contribution in [2.24, 2.45) is 5.92 Å². The highest BCUT2D eigenvalue weighted by Gasteiger charge is 2.42. The molecule has 0 saturated carbocycles. The normalized spacial score (nSPS) is 19.0. The Hall–Kier alpha value is -3.51. The molecule has 7 nitrogen and oxygen atoms in total. The van der Waals surface area contributed by atoms with Crippen LogP contribution in [0.15, 0.2) is 65.9 Å². The number of nitrogens with zero attached hydrogens (tertiary/aromatic N) is 3. The molecule has 0 bridgehead atoms. The van der Waals surface area contributed by atoms with Crippen LogP contribution in [0.25, 0.3) is 5.69 Å². The molecule has 0 saturated heterocycles. The minimum absolute atomic E-state index is 0.0156. The molecule has 2 aliphatic rings. The first-order chi connectivity index (χ1) is 19.3. The summed E-state index contributed by atoms with van der Waals surface area (Å²) in [6, 6.07) is 12.1. The van der Waals surface area contributed by atoms with Gasteiger partial charge in [-0.1, -0.05) is 36.3 Å². The zero-order valence-electron chi connectivity index (χ0n) is 22.2. The summed E-state index contributed by atoms with van der Waals surface area (Å²) in [6.45, 7) is 1.59. The fourth-order valence-corrected chi connectivity index (χ4v) is 7.53. The maximum absolute atomic E-state index is 13.5. The van der Waals surface area contributed by atoms with Gasteiger partial charge >= 0.3 is 12.1 Å². The van der Waals surface area contributed by atoms with Crippen LogP contribution in [0.1, 0.15) is 52.9 Å². The largest absolute Gasteiger partial charge is 0.478 e. The molecule has 0 spiro atoms. The van der Waals surface area contributed by atoms with Crippen molar-refractivity contribution in [3.8, 4) is 5.69 Å². The van der Waals surface area contributed by atoms with Gasteiger partial charge in [0.1, 0.15) is 5.82 Å². The lowest BCUT2D eigenvalue weighted by Gasteiger charge is -2.31. The molecule has 2 aliphatic carbocycles. The number of rotatable bonds is 9. The van der Waals surface area contributed by atoms with Gasteiger partial charge in [0.15, 0.2) is 5.75 Å². The second kappa shape index (κ2) is 11.1. The van der Waals surface area contributed by atoms with Crippen LogP contribution in [-0.2, 0) is 22.9 Å². The summed E-state index contributed by atoms with van der Waals surface area (Å²) in [5, 5.41) is 14.0. The predicted molar refractivity (Wildman–Crippen MR) is 144 cm³/mol. The molecule has 3 aromatic rings. The molecule has 0 aliphatic heterocycles. The van der Waals surface area contributed by atoms with E-state index in [1.165, 1.54) is 30.3 Å². The lowest BCUT2D eigenvalue weighted by Crippen LogP contribution is -2.42. The lowest BCUT2D eigenvalue weighted by molar-refractivity contribution is -0.107. The van der Waals surface area contributed by atoms with E-state index in [1.807, 2.05) is 6.92 Å². The number of carboxylic acids is 1. The highest BCUT2D eigenvalue weighted by molar-refractivity contribution is 7.89. The number of hydrogen-bond acceptors (Lipinski definition) is 4. The fraction of sp³-hybridized carbons (Fsp3) is 0.379. The number of aromatic nitrogens is 2. The molecule has 41 heavy (non-hydrogen) atoms. The second-order valence-corrected chi connectivity index (χ2v) is 12.5. The summed E-state index contributed by atoms with van der Waals surface area (Å²) in [7, 11) is -4.73. The van der Waals surface area contributed by atoms with Gasteiger partial charge in [0, 0.05) is 31.0 Å². The SMILES string of the molecule is C[C@@H]1C2=C(CC[C@@H]2CN(CCc2ccccc2C(=O)O)S(=O)(=O)CC(F)(F)F)Cc2c1cnn2-c1ccc(F)cc1. The molecule has 0 unspecified atom stereocenters. The second-order valence-electron chi connectivity index (χ2n) is 10.6. The van der Waals surface area contributed by atoms with Crippen molar-refractivity contribution < 1.29 is 35.9 Å². The van der Waals surface area contributed by atoms with Crippen LogP contribution in [0.5, 0.6) is 0 Å². The highest BCUT2D eigenvalue weighted by Crippen LogP contribution is 2.47. The number of halogens is 4. The first kappa shape index (κ1) is 29.0. The van der Waals surface area contributed by atoms with Gasteiger partial charge in [0.05, 0.1) is 23.1 Å². The van der Waals surface area contributed by atoms with Gasteiger partial charge in [-0.2, -0.15) is 18.3 Å². The molecule has 0 amide bonds. The number of fused-ring (bicyclic) bond motifs is 1. The molecule has 12 heteroatoms. The van der Waals surface area contributed by atoms with Gasteiger partial charge in [0.2, 0.25) is 10.0 Å². The molecule has 218 valence electrons. The molecular weight excluding hydrogens is 562 g/mol. The van der Waals surface area contributed by atoms with Gasteiger partial charge in [0.25, 0.3) is 0 Å². The van der Waals surface area contributed by atoms with E-state index >= 15 is 0 Å². The minimum atomic E-state index is -4.92. The van der Waals surface area contributed by atoms with Crippen molar-refractivity contribution in [2.45, 2.75) is 44.7 Å². The van der Waals surface area contributed by atoms with E-state index in [9.17, 15) is 35.9 Å². The molecular formula is C29H29F4N3O4S. The third-order valence-electron chi connectivity index (χ3n) is 7.97. The number of carbonyl (C=O) groups is 1. The fourth-order valence-electron chi connectivity index (χ4n) is 6.16. The quantitative estimate of drug-likeness (QED) is 0.262. The van der Waals surface area contributed by atoms with E-state index in [4.69, 9.17) is 0 Å². The van der Waals surface area contributed by atoms with Gasteiger partial charge < -0.3 is 5.11 Å². The van der Waals surface area contributed by atoms with Crippen molar-refractivity contribution in [1.29, 1.82) is 0 Å². The predicted octanol–water partition coefficient (Wildman–Crippen LogP) is 5.51. The Kier molecular flexibility index (Phi) is 7.82. The Morgan fingerprint density at radius 2 is 1.85 bits per heavy atom. The highest BCUT2D eigenvalue weighted by atomic mass is 32.2. The Morgan fingerprint density at radius 1 is 1.15 bits per heavy atom. The Balaban J connectivity index is 1.41. The Bertz CT molecular complexity index is 1600. The third-order valence-corrected chi connectivity index (χ3v) is 9.78. The molecule has 1 heterocycles. The number of benzene rings is 2. The van der Waals surface area contributed by atoms with Crippen LogP contribution >= 0.6 is 0 Å². The summed E-state index contributed by atoms with van der Waals surface area (Å²) in [5.41, 5.74) is 5.08. The maximum atomic E-state index is 13.5. The smallest absolute Gasteiger partial charge is 0.404 e. The molecule has 2 aromatic carbocycles. The van der Waals surface area contributed by atoms with Crippen LogP contribution in [0, 0.1) is 11.7 Å². The van der Waals surface area contributed by atoms with E-state index in [1.54, 1.807) is 29.1 Å². The molecule has 0 fully saturated rings. The average molecular weight is 592 g/mol. The van der Waals surface area contributed by atoms with E-state index in [2.05, 4.69) is 5.10 Å². The van der Waals surface area contributed by atoms with E-state index < -0.39 is 27.9 Å². The number of sulfonamides is 1. The van der Waals surface area contributed by atoms with E-state index in [0.717, 1.165) is 26.7 Å². The van der Waals surface area contributed by atoms with Crippen molar-refractivity contribution >= 4 is 16.0 Å². The summed E-state index contributed by atoms with van der Waals surface area (Å²) in [4.78, 5) is 11.6. The monoisotopic (exact) mass is 591 g/mol. The summed E-state index contributed by atoms with van der Waals surface area (Å²) in [6.07, 6.45) is -1.39. The van der Waals surface area contributed by atoms with Crippen molar-refractivity contribution in [3.05, 3.63) is 94.1 Å². The summed E-state index contributed by atoms with van der Waals surface area (Å²) in [5.74, 6) is -3.95. The average Bonchev–Trinajstić information content (AvgIpc) is 3.50. The lowest BCUT2D eigenvalue weighted by atomic mass is 9.80. The molecule has 0 radical (unpaired) electrons. The van der Waals surface area contributed by atoms with Crippen LogP contribution in [-0.4, -0.2) is 58.6 Å². The molecule has 1 N–H and O–H groups in total. The number of alkyl halides is 3. The first-order valence-corrected chi connectivity index (χ1v) is 14.9. The number of hydrogen-bond donors (Lipinski definition) is 1. The number of allylic oxidation sites excluding steroid dienone is 1.